The van der Waals surface area contributed by atoms with E-state index < -0.39 is 15.8 Å². The Morgan fingerprint density at radius 3 is 2.45 bits per heavy atom. The minimum Gasteiger partial charge on any atom is -0.301 e. The Morgan fingerprint density at radius 1 is 1.25 bits per heavy atom. The maximum atomic E-state index is 13.4. The molecule has 1 fully saturated rings. The number of sulfonamides is 1. The molecular formula is C13H18ClFN2O2S. The average molecular weight is 321 g/mol. The molecule has 1 aliphatic heterocycles. The third-order valence-corrected chi connectivity index (χ3v) is 5.76. The van der Waals surface area contributed by atoms with Gasteiger partial charge in [0.1, 0.15) is 5.82 Å². The van der Waals surface area contributed by atoms with E-state index in [1.807, 2.05) is 0 Å². The lowest BCUT2D eigenvalue weighted by Crippen LogP contribution is -2.48. The summed E-state index contributed by atoms with van der Waals surface area (Å²) in [6, 6.07) is 3.78. The molecule has 1 aliphatic rings. The van der Waals surface area contributed by atoms with E-state index in [4.69, 9.17) is 11.6 Å². The molecule has 0 aromatic heterocycles. The van der Waals surface area contributed by atoms with Gasteiger partial charge < -0.3 is 4.90 Å². The molecule has 7 heteroatoms. The highest BCUT2D eigenvalue weighted by molar-refractivity contribution is 7.89. The van der Waals surface area contributed by atoms with Gasteiger partial charge in [0.05, 0.1) is 10.8 Å². The van der Waals surface area contributed by atoms with Gasteiger partial charge in [0.2, 0.25) is 10.0 Å². The lowest BCUT2D eigenvalue weighted by atomic mass is 10.2. The Balaban J connectivity index is 2.22. The average Bonchev–Trinajstić information content (AvgIpc) is 2.47. The van der Waals surface area contributed by atoms with Crippen LogP contribution in [0.2, 0.25) is 0 Å². The molecule has 0 saturated carbocycles. The number of halogens is 2. The van der Waals surface area contributed by atoms with Crippen molar-refractivity contribution in [3.05, 3.63) is 29.6 Å². The molecule has 0 amide bonds. The van der Waals surface area contributed by atoms with Crippen LogP contribution in [-0.2, 0) is 15.9 Å². The highest BCUT2D eigenvalue weighted by Crippen LogP contribution is 2.21. The number of rotatable bonds is 4. The zero-order valence-corrected chi connectivity index (χ0v) is 12.9. The summed E-state index contributed by atoms with van der Waals surface area (Å²) in [6.45, 7) is 5.34. The maximum absolute atomic E-state index is 13.4. The Kier molecular flexibility index (Phi) is 5.01. The van der Waals surface area contributed by atoms with E-state index in [1.54, 1.807) is 0 Å². The minimum absolute atomic E-state index is 0.0429. The first kappa shape index (κ1) is 15.7. The maximum Gasteiger partial charge on any atom is 0.243 e. The SMILES string of the molecule is CCN1CCN(S(=O)(=O)c2ccc(F)c(CCl)c2)CC1. The normalized spacial score (nSPS) is 18.4. The van der Waals surface area contributed by atoms with Crippen molar-refractivity contribution in [2.24, 2.45) is 0 Å². The monoisotopic (exact) mass is 320 g/mol. The first-order valence-corrected chi connectivity index (χ1v) is 8.53. The molecule has 0 N–H and O–H groups in total. The molecule has 1 saturated heterocycles. The fourth-order valence-electron chi connectivity index (χ4n) is 2.25. The van der Waals surface area contributed by atoms with Gasteiger partial charge in [-0.25, -0.2) is 12.8 Å². The summed E-state index contributed by atoms with van der Waals surface area (Å²) in [4.78, 5) is 2.31. The first-order chi connectivity index (χ1) is 9.48. The number of benzene rings is 1. The summed E-state index contributed by atoms with van der Waals surface area (Å²) in [7, 11) is -3.56. The Bertz CT molecular complexity index is 572. The van der Waals surface area contributed by atoms with Gasteiger partial charge in [0.15, 0.2) is 0 Å². The third kappa shape index (κ3) is 3.14. The van der Waals surface area contributed by atoms with Gasteiger partial charge >= 0.3 is 0 Å². The molecule has 1 heterocycles. The largest absolute Gasteiger partial charge is 0.301 e. The van der Waals surface area contributed by atoms with E-state index in [1.165, 1.54) is 16.4 Å². The summed E-state index contributed by atoms with van der Waals surface area (Å²) in [5.74, 6) is -0.520. The first-order valence-electron chi connectivity index (χ1n) is 6.56. The summed E-state index contributed by atoms with van der Waals surface area (Å²) in [5, 5.41) is 0. The topological polar surface area (TPSA) is 40.6 Å². The van der Waals surface area contributed by atoms with Crippen molar-refractivity contribution < 1.29 is 12.8 Å². The lowest BCUT2D eigenvalue weighted by Gasteiger charge is -2.33. The second-order valence-corrected chi connectivity index (χ2v) is 6.93. The van der Waals surface area contributed by atoms with Crippen LogP contribution in [0.3, 0.4) is 0 Å². The summed E-state index contributed by atoms with van der Waals surface area (Å²) >= 11 is 5.62. The van der Waals surface area contributed by atoms with Crippen molar-refractivity contribution in [3.8, 4) is 0 Å². The van der Waals surface area contributed by atoms with Crippen LogP contribution < -0.4 is 0 Å². The molecule has 0 spiro atoms. The van der Waals surface area contributed by atoms with Crippen LogP contribution in [0.5, 0.6) is 0 Å². The van der Waals surface area contributed by atoms with Crippen molar-refractivity contribution in [3.63, 3.8) is 0 Å². The molecule has 1 aromatic rings. The van der Waals surface area contributed by atoms with Crippen molar-refractivity contribution in [1.82, 2.24) is 9.21 Å². The van der Waals surface area contributed by atoms with Crippen molar-refractivity contribution in [2.75, 3.05) is 32.7 Å². The van der Waals surface area contributed by atoms with Crippen molar-refractivity contribution >= 4 is 21.6 Å². The summed E-state index contributed by atoms with van der Waals surface area (Å²) in [6.07, 6.45) is 0. The quantitative estimate of drug-likeness (QED) is 0.796. The van der Waals surface area contributed by atoms with E-state index in [-0.39, 0.29) is 16.3 Å². The molecule has 20 heavy (non-hydrogen) atoms. The van der Waals surface area contributed by atoms with Gasteiger partial charge in [0, 0.05) is 31.7 Å². The lowest BCUT2D eigenvalue weighted by molar-refractivity contribution is 0.196. The Hall–Kier alpha value is -0.690. The predicted molar refractivity (Wildman–Crippen MR) is 76.8 cm³/mol. The highest BCUT2D eigenvalue weighted by Gasteiger charge is 2.28. The third-order valence-electron chi connectivity index (χ3n) is 3.58. The van der Waals surface area contributed by atoms with E-state index in [9.17, 15) is 12.8 Å². The molecule has 0 unspecified atom stereocenters. The van der Waals surface area contributed by atoms with E-state index in [0.29, 0.717) is 13.1 Å². The molecule has 2 rings (SSSR count). The zero-order valence-electron chi connectivity index (χ0n) is 11.3. The molecule has 4 nitrogen and oxygen atoms in total. The molecule has 0 atom stereocenters. The van der Waals surface area contributed by atoms with Crippen LogP contribution in [0.25, 0.3) is 0 Å². The van der Waals surface area contributed by atoms with Crippen molar-refractivity contribution in [1.29, 1.82) is 0 Å². The fourth-order valence-corrected chi connectivity index (χ4v) is 3.93. The molecule has 0 aliphatic carbocycles. The number of hydrogen-bond donors (Lipinski definition) is 0. The van der Waals surface area contributed by atoms with Gasteiger partial charge in [-0.1, -0.05) is 6.92 Å². The molecule has 0 bridgehead atoms. The molecule has 1 aromatic carbocycles. The van der Waals surface area contributed by atoms with Gasteiger partial charge in [0.25, 0.3) is 0 Å². The van der Waals surface area contributed by atoms with Crippen LogP contribution in [0.4, 0.5) is 4.39 Å². The zero-order chi connectivity index (χ0) is 14.8. The van der Waals surface area contributed by atoms with E-state index in [2.05, 4.69) is 11.8 Å². The molecule has 112 valence electrons. The molecular weight excluding hydrogens is 303 g/mol. The van der Waals surface area contributed by atoms with Gasteiger partial charge in [-0.3, -0.25) is 0 Å². The van der Waals surface area contributed by atoms with Crippen LogP contribution >= 0.6 is 11.6 Å². The highest BCUT2D eigenvalue weighted by atomic mass is 35.5. The van der Waals surface area contributed by atoms with Gasteiger partial charge in [-0.15, -0.1) is 11.6 Å². The van der Waals surface area contributed by atoms with Gasteiger partial charge in [-0.2, -0.15) is 4.31 Å². The van der Waals surface area contributed by atoms with Gasteiger partial charge in [-0.05, 0) is 24.7 Å². The number of hydrogen-bond acceptors (Lipinski definition) is 3. The van der Waals surface area contributed by atoms with Crippen LogP contribution in [-0.4, -0.2) is 50.3 Å². The molecule has 0 radical (unpaired) electrons. The Morgan fingerprint density at radius 2 is 1.90 bits per heavy atom. The smallest absolute Gasteiger partial charge is 0.243 e. The number of piperazine rings is 1. The van der Waals surface area contributed by atoms with E-state index >= 15 is 0 Å². The standard InChI is InChI=1S/C13H18ClFN2O2S/c1-2-16-5-7-17(8-6-16)20(18,19)12-3-4-13(15)11(9-12)10-14/h3-4,9H,2,5-8,10H2,1H3. The number of likely N-dealkylation sites (N-methyl/N-ethyl adjacent to an activating group) is 1. The summed E-state index contributed by atoms with van der Waals surface area (Å²) < 4.78 is 39.9. The predicted octanol–water partition coefficient (Wildman–Crippen LogP) is 1.89. The number of alkyl halides is 1. The van der Waals surface area contributed by atoms with Crippen molar-refractivity contribution in [2.45, 2.75) is 17.7 Å². The number of nitrogens with zero attached hydrogens (tertiary/aromatic N) is 2. The van der Waals surface area contributed by atoms with Crippen LogP contribution in [0.1, 0.15) is 12.5 Å². The minimum atomic E-state index is -3.56. The van der Waals surface area contributed by atoms with E-state index in [0.717, 1.165) is 25.7 Å². The van der Waals surface area contributed by atoms with Crippen LogP contribution in [0.15, 0.2) is 23.1 Å². The fraction of sp³-hybridized carbons (Fsp3) is 0.538. The summed E-state index contributed by atoms with van der Waals surface area (Å²) in [5.41, 5.74) is 0.208. The van der Waals surface area contributed by atoms with Crippen LogP contribution in [0, 0.1) is 5.82 Å². The Labute approximate surface area is 124 Å². The second kappa shape index (κ2) is 6.39. The second-order valence-electron chi connectivity index (χ2n) is 4.73.